The van der Waals surface area contributed by atoms with Gasteiger partial charge in [-0.1, -0.05) is 84.0 Å². The van der Waals surface area contributed by atoms with Crippen LogP contribution in [0.5, 0.6) is 5.75 Å². The topological polar surface area (TPSA) is 18.5 Å². The van der Waals surface area contributed by atoms with E-state index in [1.54, 1.807) is 0 Å². The van der Waals surface area contributed by atoms with Crippen molar-refractivity contribution >= 4 is 14.3 Å². The first-order valence-corrected chi connectivity index (χ1v) is 12.2. The average molecular weight is 395 g/mol. The van der Waals surface area contributed by atoms with E-state index >= 15 is 0 Å². The van der Waals surface area contributed by atoms with Crippen LogP contribution in [-0.2, 0) is 10.8 Å². The van der Waals surface area contributed by atoms with Gasteiger partial charge in [0.05, 0.1) is 5.56 Å². The lowest BCUT2D eigenvalue weighted by molar-refractivity contribution is 0.260. The van der Waals surface area contributed by atoms with Crippen molar-refractivity contribution < 1.29 is 8.85 Å². The number of fused-ring (bicyclic) bond motifs is 1. The maximum atomic E-state index is 6.86. The normalized spacial score (nSPS) is 17.6. The number of para-hydroxylation sites is 1. The first kappa shape index (κ1) is 20.7. The van der Waals surface area contributed by atoms with Gasteiger partial charge in [-0.15, -0.1) is 0 Å². The summed E-state index contributed by atoms with van der Waals surface area (Å²) in [5.74, 6) is 1.98. The Bertz CT molecular complexity index is 812. The van der Waals surface area contributed by atoms with Gasteiger partial charge < -0.3 is 8.85 Å². The Hall–Kier alpha value is -2.00. The summed E-state index contributed by atoms with van der Waals surface area (Å²) >= 11 is 0. The number of unbranched alkanes of at least 4 members (excludes halogenated alkanes) is 1. The zero-order valence-electron chi connectivity index (χ0n) is 18.2. The molecule has 3 rings (SSSR count). The minimum Gasteiger partial charge on any atom is -0.511 e. The molecule has 0 aliphatic carbocycles. The van der Waals surface area contributed by atoms with Crippen LogP contribution in [0.1, 0.15) is 65.5 Å². The van der Waals surface area contributed by atoms with Crippen molar-refractivity contribution in [2.45, 2.75) is 70.9 Å². The van der Waals surface area contributed by atoms with Gasteiger partial charge in [0, 0.05) is 10.1 Å². The van der Waals surface area contributed by atoms with Crippen LogP contribution in [0, 0.1) is 0 Å². The molecule has 0 N–H and O–H groups in total. The van der Waals surface area contributed by atoms with Gasteiger partial charge in [-0.3, -0.25) is 0 Å². The Morgan fingerprint density at radius 2 is 1.39 bits per heavy atom. The largest absolute Gasteiger partial charge is 0.511 e. The van der Waals surface area contributed by atoms with Crippen LogP contribution in [0.15, 0.2) is 60.7 Å². The first-order valence-electron chi connectivity index (χ1n) is 10.4. The van der Waals surface area contributed by atoms with Crippen molar-refractivity contribution in [3.63, 3.8) is 0 Å². The molecule has 1 aliphatic heterocycles. The molecule has 0 saturated carbocycles. The summed E-state index contributed by atoms with van der Waals surface area (Å²) in [7, 11) is -2.59. The van der Waals surface area contributed by atoms with Gasteiger partial charge in [0.25, 0.3) is 0 Å². The van der Waals surface area contributed by atoms with Gasteiger partial charge in [0.2, 0.25) is 0 Å². The highest BCUT2D eigenvalue weighted by molar-refractivity contribution is 6.75. The number of aryl methyl sites for hydroxylation is 1. The van der Waals surface area contributed by atoms with Gasteiger partial charge >= 0.3 is 8.56 Å². The quantitative estimate of drug-likeness (QED) is 0.395. The molecule has 0 bridgehead atoms. The minimum absolute atomic E-state index is 0.0537. The average Bonchev–Trinajstić information content (AvgIpc) is 2.64. The molecule has 0 aromatic heterocycles. The van der Waals surface area contributed by atoms with Crippen LogP contribution in [-0.4, -0.2) is 8.56 Å². The molecule has 0 spiro atoms. The lowest BCUT2D eigenvalue weighted by Crippen LogP contribution is -2.60. The van der Waals surface area contributed by atoms with Crippen LogP contribution in [0.4, 0.5) is 0 Å². The summed E-state index contributed by atoms with van der Waals surface area (Å²) in [6.45, 7) is 13.5. The van der Waals surface area contributed by atoms with Crippen molar-refractivity contribution in [2.75, 3.05) is 0 Å². The maximum absolute atomic E-state index is 6.86. The second-order valence-electron chi connectivity index (χ2n) is 9.76. The highest BCUT2D eigenvalue weighted by Gasteiger charge is 2.64. The summed E-state index contributed by atoms with van der Waals surface area (Å²) < 4.78 is 13.6. The Kier molecular flexibility index (Phi) is 5.76. The van der Waals surface area contributed by atoms with E-state index in [9.17, 15) is 0 Å². The third-order valence-electron chi connectivity index (χ3n) is 5.48. The van der Waals surface area contributed by atoms with Gasteiger partial charge in [-0.05, 0) is 43.0 Å². The molecular weight excluding hydrogens is 360 g/mol. The fourth-order valence-corrected chi connectivity index (χ4v) is 8.72. The monoisotopic (exact) mass is 394 g/mol. The van der Waals surface area contributed by atoms with Crippen LogP contribution < -0.4 is 4.43 Å². The molecule has 3 heteroatoms. The number of allylic oxidation sites excluding steroid dienone is 1. The number of hydrogen-bond donors (Lipinski definition) is 0. The fourth-order valence-electron chi connectivity index (χ4n) is 4.22. The molecule has 28 heavy (non-hydrogen) atoms. The summed E-state index contributed by atoms with van der Waals surface area (Å²) in [6, 6.07) is 19.0. The molecule has 0 unspecified atom stereocenters. The molecule has 2 nitrogen and oxygen atoms in total. The van der Waals surface area contributed by atoms with E-state index in [1.165, 1.54) is 5.56 Å². The lowest BCUT2D eigenvalue weighted by atomic mass is 10.1. The van der Waals surface area contributed by atoms with Crippen LogP contribution in [0.2, 0.25) is 10.1 Å². The van der Waals surface area contributed by atoms with E-state index in [1.807, 2.05) is 0 Å². The van der Waals surface area contributed by atoms with Crippen LogP contribution in [0.3, 0.4) is 0 Å². The van der Waals surface area contributed by atoms with E-state index in [4.69, 9.17) is 8.85 Å². The van der Waals surface area contributed by atoms with Crippen molar-refractivity contribution in [2.24, 2.45) is 0 Å². The summed E-state index contributed by atoms with van der Waals surface area (Å²) in [4.78, 5) is 0. The Morgan fingerprint density at radius 3 is 2.04 bits per heavy atom. The molecule has 150 valence electrons. The van der Waals surface area contributed by atoms with E-state index in [0.717, 1.165) is 36.3 Å². The van der Waals surface area contributed by atoms with Gasteiger partial charge in [0.1, 0.15) is 11.5 Å². The fraction of sp³-hybridized carbons (Fsp3) is 0.440. The van der Waals surface area contributed by atoms with Crippen LogP contribution >= 0.6 is 0 Å². The number of rotatable bonds is 4. The molecular formula is C25H34O2Si. The third-order valence-corrected chi connectivity index (χ3v) is 10.4. The number of hydrogen-bond acceptors (Lipinski definition) is 2. The van der Waals surface area contributed by atoms with Gasteiger partial charge in [-0.2, -0.15) is 0 Å². The molecule has 0 radical (unpaired) electrons. The smallest absolute Gasteiger partial charge is 0.471 e. The van der Waals surface area contributed by atoms with E-state index in [-0.39, 0.29) is 10.1 Å². The maximum Gasteiger partial charge on any atom is 0.471 e. The van der Waals surface area contributed by atoms with Crippen molar-refractivity contribution in [1.82, 2.24) is 0 Å². The van der Waals surface area contributed by atoms with Crippen LogP contribution in [0.25, 0.3) is 5.76 Å². The Labute approximate surface area is 171 Å². The van der Waals surface area contributed by atoms with E-state index in [0.29, 0.717) is 0 Å². The lowest BCUT2D eigenvalue weighted by Gasteiger charge is -2.51. The summed E-state index contributed by atoms with van der Waals surface area (Å²) in [6.07, 6.45) is 5.48. The van der Waals surface area contributed by atoms with Gasteiger partial charge in [0.15, 0.2) is 0 Å². The highest BCUT2D eigenvalue weighted by Crippen LogP contribution is 2.56. The molecule has 0 atom stereocenters. The SMILES string of the molecule is CC(C)(C)[Si]1(C(C)(C)C)O/C(=C\CCCc2ccccc2)c2ccccc2O1. The standard InChI is InChI=1S/C25H34O2Si/c1-24(2,3)28(25(4,5)6)26-22(21-17-11-13-19-23(21)27-28)18-12-10-16-20-14-8-7-9-15-20/h7-9,11,13-15,17-19H,10,12,16H2,1-6H3/b22-18-. The predicted octanol–water partition coefficient (Wildman–Crippen LogP) is 7.50. The van der Waals surface area contributed by atoms with E-state index < -0.39 is 8.56 Å². The molecule has 0 amide bonds. The molecule has 1 aliphatic rings. The predicted molar refractivity (Wildman–Crippen MR) is 121 cm³/mol. The second kappa shape index (κ2) is 7.79. The minimum atomic E-state index is -2.59. The zero-order chi connectivity index (χ0) is 20.4. The molecule has 2 aromatic rings. The van der Waals surface area contributed by atoms with Crippen molar-refractivity contribution in [1.29, 1.82) is 0 Å². The molecule has 0 fully saturated rings. The third kappa shape index (κ3) is 4.05. The number of benzene rings is 2. The molecule has 1 heterocycles. The summed E-state index contributed by atoms with van der Waals surface area (Å²) in [5.41, 5.74) is 2.47. The zero-order valence-corrected chi connectivity index (χ0v) is 19.2. The first-order chi connectivity index (χ1) is 13.1. The Morgan fingerprint density at radius 1 is 0.786 bits per heavy atom. The van der Waals surface area contributed by atoms with Crippen molar-refractivity contribution in [3.05, 3.63) is 71.8 Å². The summed E-state index contributed by atoms with van der Waals surface area (Å²) in [5, 5.41) is -0.107. The highest BCUT2D eigenvalue weighted by atomic mass is 28.4. The molecule has 2 aromatic carbocycles. The Balaban J connectivity index is 1.89. The second-order valence-corrected chi connectivity index (χ2v) is 14.4. The molecule has 0 saturated heterocycles. The van der Waals surface area contributed by atoms with Gasteiger partial charge in [-0.25, -0.2) is 0 Å². The van der Waals surface area contributed by atoms with Crippen molar-refractivity contribution in [3.8, 4) is 5.75 Å². The van der Waals surface area contributed by atoms with E-state index in [2.05, 4.69) is 102 Å².